The van der Waals surface area contributed by atoms with Crippen LogP contribution in [0.4, 0.5) is 5.82 Å². The lowest BCUT2D eigenvalue weighted by atomic mass is 9.83. The minimum atomic E-state index is 0.154. The van der Waals surface area contributed by atoms with Crippen molar-refractivity contribution in [3.05, 3.63) is 11.8 Å². The van der Waals surface area contributed by atoms with Crippen LogP contribution in [0.25, 0.3) is 0 Å². The zero-order valence-corrected chi connectivity index (χ0v) is 10.7. The molecule has 1 amide bonds. The second-order valence-corrected chi connectivity index (χ2v) is 5.66. The zero-order valence-electron chi connectivity index (χ0n) is 10.7. The average molecular weight is 247 g/mol. The SMILES string of the molecule is O=C(Nc1cc(C2CCC2)[nH]n1)C1CCCCC1. The summed E-state index contributed by atoms with van der Waals surface area (Å²) in [5, 5.41) is 10.2. The molecule has 0 bridgehead atoms. The Balaban J connectivity index is 1.57. The molecule has 0 spiro atoms. The molecule has 0 saturated heterocycles. The summed E-state index contributed by atoms with van der Waals surface area (Å²) in [4.78, 5) is 12.1. The molecule has 98 valence electrons. The van der Waals surface area contributed by atoms with Gasteiger partial charge in [-0.05, 0) is 25.7 Å². The van der Waals surface area contributed by atoms with Gasteiger partial charge in [-0.3, -0.25) is 9.89 Å². The molecule has 1 aromatic rings. The van der Waals surface area contributed by atoms with Crippen molar-refractivity contribution in [1.29, 1.82) is 0 Å². The molecular formula is C14H21N3O. The maximum atomic E-state index is 12.1. The molecule has 18 heavy (non-hydrogen) atoms. The van der Waals surface area contributed by atoms with E-state index in [0.29, 0.717) is 11.7 Å². The molecule has 2 fully saturated rings. The summed E-state index contributed by atoms with van der Waals surface area (Å²) in [5.41, 5.74) is 1.18. The van der Waals surface area contributed by atoms with E-state index < -0.39 is 0 Å². The van der Waals surface area contributed by atoms with Crippen molar-refractivity contribution in [2.24, 2.45) is 5.92 Å². The van der Waals surface area contributed by atoms with Gasteiger partial charge in [0.2, 0.25) is 5.91 Å². The number of H-pyrrole nitrogens is 1. The number of anilines is 1. The fourth-order valence-electron chi connectivity index (χ4n) is 2.92. The molecule has 2 N–H and O–H groups in total. The molecule has 0 aliphatic heterocycles. The number of aromatic amines is 1. The van der Waals surface area contributed by atoms with Gasteiger partial charge in [-0.2, -0.15) is 5.10 Å². The summed E-state index contributed by atoms with van der Waals surface area (Å²) in [6.07, 6.45) is 9.53. The fourth-order valence-corrected chi connectivity index (χ4v) is 2.92. The van der Waals surface area contributed by atoms with E-state index in [2.05, 4.69) is 15.5 Å². The monoisotopic (exact) mass is 247 g/mol. The van der Waals surface area contributed by atoms with Crippen LogP contribution < -0.4 is 5.32 Å². The molecule has 2 saturated carbocycles. The second-order valence-electron chi connectivity index (χ2n) is 5.66. The van der Waals surface area contributed by atoms with Gasteiger partial charge in [0.05, 0.1) is 0 Å². The van der Waals surface area contributed by atoms with Crippen LogP contribution in [0.3, 0.4) is 0 Å². The van der Waals surface area contributed by atoms with Gasteiger partial charge in [0.1, 0.15) is 0 Å². The highest BCUT2D eigenvalue weighted by molar-refractivity contribution is 5.91. The van der Waals surface area contributed by atoms with E-state index in [1.54, 1.807) is 0 Å². The van der Waals surface area contributed by atoms with Crippen LogP contribution in [-0.2, 0) is 4.79 Å². The van der Waals surface area contributed by atoms with Crippen LogP contribution in [0.5, 0.6) is 0 Å². The summed E-state index contributed by atoms with van der Waals surface area (Å²) < 4.78 is 0. The first-order valence-electron chi connectivity index (χ1n) is 7.19. The van der Waals surface area contributed by atoms with Crippen molar-refractivity contribution < 1.29 is 4.79 Å². The van der Waals surface area contributed by atoms with Crippen LogP contribution >= 0.6 is 0 Å². The smallest absolute Gasteiger partial charge is 0.228 e. The van der Waals surface area contributed by atoms with Gasteiger partial charge in [-0.15, -0.1) is 0 Å². The zero-order chi connectivity index (χ0) is 12.4. The van der Waals surface area contributed by atoms with Crippen LogP contribution in [-0.4, -0.2) is 16.1 Å². The number of aromatic nitrogens is 2. The van der Waals surface area contributed by atoms with Crippen molar-refractivity contribution in [2.45, 2.75) is 57.3 Å². The summed E-state index contributed by atoms with van der Waals surface area (Å²) in [6.45, 7) is 0. The summed E-state index contributed by atoms with van der Waals surface area (Å²) in [6, 6.07) is 2.00. The molecule has 0 atom stereocenters. The third-order valence-electron chi connectivity index (χ3n) is 4.37. The molecule has 1 heterocycles. The van der Waals surface area contributed by atoms with E-state index in [0.717, 1.165) is 12.8 Å². The Hall–Kier alpha value is -1.32. The van der Waals surface area contributed by atoms with E-state index in [-0.39, 0.29) is 11.8 Å². The molecule has 0 unspecified atom stereocenters. The maximum Gasteiger partial charge on any atom is 0.228 e. The first kappa shape index (κ1) is 11.8. The van der Waals surface area contributed by atoms with E-state index >= 15 is 0 Å². The number of hydrogen-bond acceptors (Lipinski definition) is 2. The normalized spacial score (nSPS) is 21.6. The first-order chi connectivity index (χ1) is 8.83. The number of nitrogens with zero attached hydrogens (tertiary/aromatic N) is 1. The van der Waals surface area contributed by atoms with Crippen molar-refractivity contribution in [1.82, 2.24) is 10.2 Å². The van der Waals surface area contributed by atoms with Crippen molar-refractivity contribution >= 4 is 11.7 Å². The molecule has 4 heteroatoms. The average Bonchev–Trinajstić information content (AvgIpc) is 2.76. The molecule has 4 nitrogen and oxygen atoms in total. The van der Waals surface area contributed by atoms with Gasteiger partial charge >= 0.3 is 0 Å². The predicted molar refractivity (Wildman–Crippen MR) is 70.4 cm³/mol. The van der Waals surface area contributed by atoms with Gasteiger partial charge in [-0.25, -0.2) is 0 Å². The Morgan fingerprint density at radius 2 is 1.94 bits per heavy atom. The number of carbonyl (C=O) groups excluding carboxylic acids is 1. The van der Waals surface area contributed by atoms with Crippen LogP contribution in [0.15, 0.2) is 6.07 Å². The quantitative estimate of drug-likeness (QED) is 0.861. The van der Waals surface area contributed by atoms with Crippen LogP contribution in [0.2, 0.25) is 0 Å². The Labute approximate surface area is 108 Å². The summed E-state index contributed by atoms with van der Waals surface area (Å²) in [5.74, 6) is 1.69. The maximum absolute atomic E-state index is 12.1. The van der Waals surface area contributed by atoms with Crippen molar-refractivity contribution in [3.63, 3.8) is 0 Å². The van der Waals surface area contributed by atoms with Gasteiger partial charge in [0.15, 0.2) is 5.82 Å². The molecule has 2 aliphatic rings. The Kier molecular flexibility index (Phi) is 3.35. The van der Waals surface area contributed by atoms with Gasteiger partial charge in [-0.1, -0.05) is 25.7 Å². The highest BCUT2D eigenvalue weighted by Gasteiger charge is 2.24. The molecular weight excluding hydrogens is 226 g/mol. The van der Waals surface area contributed by atoms with Crippen LogP contribution in [0, 0.1) is 5.92 Å². The first-order valence-corrected chi connectivity index (χ1v) is 7.19. The molecule has 3 rings (SSSR count). The Morgan fingerprint density at radius 1 is 1.17 bits per heavy atom. The summed E-state index contributed by atoms with van der Waals surface area (Å²) >= 11 is 0. The molecule has 0 aromatic carbocycles. The fraction of sp³-hybridized carbons (Fsp3) is 0.714. The minimum Gasteiger partial charge on any atom is -0.309 e. The highest BCUT2D eigenvalue weighted by Crippen LogP contribution is 2.36. The van der Waals surface area contributed by atoms with E-state index in [1.807, 2.05) is 6.07 Å². The molecule has 2 aliphatic carbocycles. The van der Waals surface area contributed by atoms with E-state index in [4.69, 9.17) is 0 Å². The highest BCUT2D eigenvalue weighted by atomic mass is 16.1. The van der Waals surface area contributed by atoms with Crippen molar-refractivity contribution in [3.8, 4) is 0 Å². The second kappa shape index (κ2) is 5.12. The number of rotatable bonds is 3. The number of carbonyl (C=O) groups is 1. The Bertz CT molecular complexity index is 416. The minimum absolute atomic E-state index is 0.154. The third kappa shape index (κ3) is 2.42. The van der Waals surface area contributed by atoms with E-state index in [1.165, 1.54) is 44.2 Å². The standard InChI is InChI=1S/C14H21N3O/c18-14(11-5-2-1-3-6-11)15-13-9-12(16-17-13)10-7-4-8-10/h9-11H,1-8H2,(H2,15,16,17,18). The third-order valence-corrected chi connectivity index (χ3v) is 4.37. The predicted octanol–water partition coefficient (Wildman–Crippen LogP) is 3.20. The van der Waals surface area contributed by atoms with Gasteiger partial charge in [0, 0.05) is 23.6 Å². The van der Waals surface area contributed by atoms with Gasteiger partial charge in [0.25, 0.3) is 0 Å². The van der Waals surface area contributed by atoms with Crippen LogP contribution in [0.1, 0.15) is 63.0 Å². The topological polar surface area (TPSA) is 57.8 Å². The lowest BCUT2D eigenvalue weighted by Crippen LogP contribution is -2.24. The van der Waals surface area contributed by atoms with Crippen molar-refractivity contribution in [2.75, 3.05) is 5.32 Å². The van der Waals surface area contributed by atoms with Gasteiger partial charge < -0.3 is 5.32 Å². The number of amides is 1. The van der Waals surface area contributed by atoms with E-state index in [9.17, 15) is 4.79 Å². The number of hydrogen-bond donors (Lipinski definition) is 2. The lowest BCUT2D eigenvalue weighted by molar-refractivity contribution is -0.120. The molecule has 1 aromatic heterocycles. The molecule has 0 radical (unpaired) electrons. The lowest BCUT2D eigenvalue weighted by Gasteiger charge is -2.23. The summed E-state index contributed by atoms with van der Waals surface area (Å²) in [7, 11) is 0. The Morgan fingerprint density at radius 3 is 2.61 bits per heavy atom. The largest absolute Gasteiger partial charge is 0.309 e. The number of nitrogens with one attached hydrogen (secondary N) is 2.